The van der Waals surface area contributed by atoms with Gasteiger partial charge < -0.3 is 0 Å². The number of hydrogen-bond donors (Lipinski definition) is 0. The van der Waals surface area contributed by atoms with Crippen LogP contribution in [0.4, 0.5) is 0 Å². The molecule has 84 valence electrons. The lowest BCUT2D eigenvalue weighted by molar-refractivity contribution is 0.784. The summed E-state index contributed by atoms with van der Waals surface area (Å²) >= 11 is 5.33. The molecule has 0 aliphatic carbocycles. The Morgan fingerprint density at radius 2 is 2.06 bits per heavy atom. The number of nitrogens with zero attached hydrogens (tertiary/aromatic N) is 1. The monoisotopic (exact) mass is 295 g/mol. The SMILES string of the molecule is Cc1ccc(C(CBr)Cc2cncs2)cc1. The third-order valence-electron chi connectivity index (χ3n) is 2.67. The van der Waals surface area contributed by atoms with Gasteiger partial charge in [0.1, 0.15) is 0 Å². The smallest absolute Gasteiger partial charge is 0.0794 e. The number of thiazole rings is 1. The Labute approximate surface area is 109 Å². The van der Waals surface area contributed by atoms with E-state index in [4.69, 9.17) is 0 Å². The van der Waals surface area contributed by atoms with Gasteiger partial charge in [-0.3, -0.25) is 4.98 Å². The second-order valence-electron chi connectivity index (χ2n) is 3.93. The zero-order valence-electron chi connectivity index (χ0n) is 9.19. The first kappa shape index (κ1) is 11.8. The van der Waals surface area contributed by atoms with Gasteiger partial charge >= 0.3 is 0 Å². The van der Waals surface area contributed by atoms with Crippen LogP contribution in [0.25, 0.3) is 0 Å². The minimum absolute atomic E-state index is 0.543. The van der Waals surface area contributed by atoms with E-state index in [1.54, 1.807) is 11.3 Å². The number of benzene rings is 1. The predicted octanol–water partition coefficient (Wildman–Crippen LogP) is 4.17. The van der Waals surface area contributed by atoms with E-state index in [-0.39, 0.29) is 0 Å². The van der Waals surface area contributed by atoms with Gasteiger partial charge in [0.15, 0.2) is 0 Å². The summed E-state index contributed by atoms with van der Waals surface area (Å²) in [5.74, 6) is 0.543. The maximum absolute atomic E-state index is 4.12. The molecule has 3 heteroatoms. The first-order chi connectivity index (χ1) is 7.79. The molecule has 0 fully saturated rings. The molecule has 16 heavy (non-hydrogen) atoms. The molecule has 1 aromatic carbocycles. The van der Waals surface area contributed by atoms with Gasteiger partial charge in [0.2, 0.25) is 0 Å². The molecule has 0 aliphatic rings. The Balaban J connectivity index is 2.13. The maximum atomic E-state index is 4.12. The summed E-state index contributed by atoms with van der Waals surface area (Å²) < 4.78 is 0. The van der Waals surface area contributed by atoms with Crippen LogP contribution in [0.15, 0.2) is 36.0 Å². The van der Waals surface area contributed by atoms with Crippen molar-refractivity contribution in [1.29, 1.82) is 0 Å². The Kier molecular flexibility index (Phi) is 4.13. The summed E-state index contributed by atoms with van der Waals surface area (Å²) in [5, 5.41) is 0.994. The van der Waals surface area contributed by atoms with Crippen LogP contribution in [0, 0.1) is 6.92 Å². The fraction of sp³-hybridized carbons (Fsp3) is 0.308. The van der Waals surface area contributed by atoms with Crippen LogP contribution in [0.3, 0.4) is 0 Å². The Bertz CT molecular complexity index is 422. The number of aryl methyl sites for hydroxylation is 1. The normalized spacial score (nSPS) is 12.6. The number of alkyl halides is 1. The van der Waals surface area contributed by atoms with Crippen molar-refractivity contribution in [2.45, 2.75) is 19.3 Å². The summed E-state index contributed by atoms with van der Waals surface area (Å²) in [5.41, 5.74) is 4.61. The first-order valence-corrected chi connectivity index (χ1v) is 7.29. The molecule has 0 N–H and O–H groups in total. The van der Waals surface area contributed by atoms with E-state index < -0.39 is 0 Å². The predicted molar refractivity (Wildman–Crippen MR) is 73.5 cm³/mol. The molecule has 0 saturated heterocycles. The number of hydrogen-bond acceptors (Lipinski definition) is 2. The average molecular weight is 296 g/mol. The van der Waals surface area contributed by atoms with E-state index in [0.717, 1.165) is 11.8 Å². The molecule has 1 unspecified atom stereocenters. The molecule has 1 nitrogen and oxygen atoms in total. The van der Waals surface area contributed by atoms with Crippen molar-refractivity contribution >= 4 is 27.3 Å². The Morgan fingerprint density at radius 3 is 2.62 bits per heavy atom. The summed E-state index contributed by atoms with van der Waals surface area (Å²) in [6, 6.07) is 8.81. The molecular weight excluding hydrogens is 282 g/mol. The second-order valence-corrected chi connectivity index (χ2v) is 5.55. The first-order valence-electron chi connectivity index (χ1n) is 5.29. The molecule has 2 aromatic rings. The molecule has 0 spiro atoms. The highest BCUT2D eigenvalue weighted by Gasteiger charge is 2.11. The van der Waals surface area contributed by atoms with Gasteiger partial charge in [-0.25, -0.2) is 0 Å². The highest BCUT2D eigenvalue weighted by molar-refractivity contribution is 9.09. The number of halogens is 1. The minimum Gasteiger partial charge on any atom is -0.253 e. The van der Waals surface area contributed by atoms with Crippen molar-refractivity contribution in [3.8, 4) is 0 Å². The summed E-state index contributed by atoms with van der Waals surface area (Å²) in [4.78, 5) is 5.47. The highest BCUT2D eigenvalue weighted by atomic mass is 79.9. The van der Waals surface area contributed by atoms with Crippen molar-refractivity contribution in [2.24, 2.45) is 0 Å². The molecule has 1 heterocycles. The summed E-state index contributed by atoms with van der Waals surface area (Å²) in [6.45, 7) is 2.12. The van der Waals surface area contributed by atoms with Crippen LogP contribution in [0.5, 0.6) is 0 Å². The molecule has 2 rings (SSSR count). The van der Waals surface area contributed by atoms with E-state index in [1.807, 2.05) is 11.7 Å². The maximum Gasteiger partial charge on any atom is 0.0794 e. The Hall–Kier alpha value is -0.670. The molecular formula is C13H14BrNS. The van der Waals surface area contributed by atoms with Crippen molar-refractivity contribution in [2.75, 3.05) is 5.33 Å². The molecule has 0 bridgehead atoms. The third kappa shape index (κ3) is 2.92. The molecule has 0 amide bonds. The topological polar surface area (TPSA) is 12.9 Å². The molecule has 0 radical (unpaired) electrons. The van der Waals surface area contributed by atoms with Gasteiger partial charge in [-0.2, -0.15) is 0 Å². The molecule has 0 saturated carbocycles. The van der Waals surface area contributed by atoms with Gasteiger partial charge in [-0.05, 0) is 24.8 Å². The lowest BCUT2D eigenvalue weighted by Crippen LogP contribution is -2.03. The van der Waals surface area contributed by atoms with Crippen LogP contribution in [0.1, 0.15) is 21.9 Å². The minimum atomic E-state index is 0.543. The average Bonchev–Trinajstić information content (AvgIpc) is 2.80. The van der Waals surface area contributed by atoms with Gasteiger partial charge in [-0.15, -0.1) is 11.3 Å². The lowest BCUT2D eigenvalue weighted by Gasteiger charge is -2.13. The van der Waals surface area contributed by atoms with Crippen LogP contribution >= 0.6 is 27.3 Å². The molecule has 0 aliphatic heterocycles. The summed E-state index contributed by atoms with van der Waals surface area (Å²) in [7, 11) is 0. The van der Waals surface area contributed by atoms with E-state index in [9.17, 15) is 0 Å². The van der Waals surface area contributed by atoms with E-state index in [1.165, 1.54) is 16.0 Å². The largest absolute Gasteiger partial charge is 0.253 e. The van der Waals surface area contributed by atoms with Gasteiger partial charge in [0, 0.05) is 16.4 Å². The quantitative estimate of drug-likeness (QED) is 0.772. The van der Waals surface area contributed by atoms with Crippen LogP contribution in [0.2, 0.25) is 0 Å². The van der Waals surface area contributed by atoms with Gasteiger partial charge in [0.05, 0.1) is 5.51 Å². The van der Waals surface area contributed by atoms with Crippen molar-refractivity contribution < 1.29 is 0 Å². The fourth-order valence-corrected chi connectivity index (χ4v) is 2.96. The lowest BCUT2D eigenvalue weighted by atomic mass is 9.96. The van der Waals surface area contributed by atoms with E-state index >= 15 is 0 Å². The highest BCUT2D eigenvalue weighted by Crippen LogP contribution is 2.24. The van der Waals surface area contributed by atoms with Crippen molar-refractivity contribution in [3.63, 3.8) is 0 Å². The third-order valence-corrected chi connectivity index (χ3v) is 4.25. The van der Waals surface area contributed by atoms with E-state index in [0.29, 0.717) is 5.92 Å². The van der Waals surface area contributed by atoms with E-state index in [2.05, 4.69) is 52.1 Å². The zero-order valence-corrected chi connectivity index (χ0v) is 11.6. The number of aromatic nitrogens is 1. The van der Waals surface area contributed by atoms with Gasteiger partial charge in [-0.1, -0.05) is 45.8 Å². The molecule has 1 atom stereocenters. The van der Waals surface area contributed by atoms with Crippen LogP contribution < -0.4 is 0 Å². The standard InChI is InChI=1S/C13H14BrNS/c1-10-2-4-11(5-3-10)12(7-14)6-13-8-15-9-16-13/h2-5,8-9,12H,6-7H2,1H3. The second kappa shape index (κ2) is 5.60. The van der Waals surface area contributed by atoms with Crippen LogP contribution in [-0.2, 0) is 6.42 Å². The Morgan fingerprint density at radius 1 is 1.31 bits per heavy atom. The van der Waals surface area contributed by atoms with Gasteiger partial charge in [0.25, 0.3) is 0 Å². The van der Waals surface area contributed by atoms with Crippen molar-refractivity contribution in [3.05, 3.63) is 52.0 Å². The molecule has 1 aromatic heterocycles. The van der Waals surface area contributed by atoms with Crippen LogP contribution in [-0.4, -0.2) is 10.3 Å². The zero-order chi connectivity index (χ0) is 11.4. The number of rotatable bonds is 4. The fourth-order valence-electron chi connectivity index (χ4n) is 1.69. The van der Waals surface area contributed by atoms with Crippen molar-refractivity contribution in [1.82, 2.24) is 4.98 Å². The summed E-state index contributed by atoms with van der Waals surface area (Å²) in [6.07, 6.45) is 3.04.